The van der Waals surface area contributed by atoms with Crippen LogP contribution in [-0.4, -0.2) is 15.3 Å². The lowest BCUT2D eigenvalue weighted by molar-refractivity contribution is 0.460. The maximum absolute atomic E-state index is 13.0. The zero-order valence-electron chi connectivity index (χ0n) is 14.6. The summed E-state index contributed by atoms with van der Waals surface area (Å²) in [5.74, 6) is 0.690. The zero-order chi connectivity index (χ0) is 18.3. The van der Waals surface area contributed by atoms with E-state index in [1.165, 1.54) is 0 Å². The fourth-order valence-corrected chi connectivity index (χ4v) is 4.25. The molecule has 136 valence electrons. The first-order valence-corrected chi connectivity index (χ1v) is 9.72. The van der Waals surface area contributed by atoms with E-state index in [0.717, 1.165) is 55.5 Å². The zero-order valence-corrected chi connectivity index (χ0v) is 16.1. The third kappa shape index (κ3) is 3.26. The molecule has 1 aromatic heterocycles. The first kappa shape index (κ1) is 17.6. The summed E-state index contributed by atoms with van der Waals surface area (Å²) in [5, 5.41) is 5.61. The predicted molar refractivity (Wildman–Crippen MR) is 106 cm³/mol. The Hall–Kier alpha value is -1.85. The molecular formula is C19H20Cl2N4O. The smallest absolute Gasteiger partial charge is 0.257 e. The summed E-state index contributed by atoms with van der Waals surface area (Å²) >= 11 is 12.1. The van der Waals surface area contributed by atoms with Crippen molar-refractivity contribution in [2.45, 2.75) is 51.5 Å². The Balaban J connectivity index is 1.75. The van der Waals surface area contributed by atoms with E-state index < -0.39 is 0 Å². The van der Waals surface area contributed by atoms with Crippen molar-refractivity contribution in [3.63, 3.8) is 0 Å². The van der Waals surface area contributed by atoms with Crippen molar-refractivity contribution in [2.75, 3.05) is 5.43 Å². The Labute approximate surface area is 162 Å². The van der Waals surface area contributed by atoms with Crippen LogP contribution in [0.5, 0.6) is 0 Å². The number of benzene rings is 1. The van der Waals surface area contributed by atoms with Gasteiger partial charge in [0.1, 0.15) is 5.71 Å². The summed E-state index contributed by atoms with van der Waals surface area (Å²) in [6, 6.07) is 5.33. The number of hydrogen-bond acceptors (Lipinski definition) is 4. The molecule has 1 aliphatic carbocycles. The molecule has 2 aliphatic rings. The van der Waals surface area contributed by atoms with Crippen molar-refractivity contribution in [1.29, 1.82) is 0 Å². The molecule has 1 unspecified atom stereocenters. The first-order valence-electron chi connectivity index (χ1n) is 8.96. The number of aromatic nitrogens is 2. The molecular weight excluding hydrogens is 371 g/mol. The van der Waals surface area contributed by atoms with Crippen LogP contribution < -0.4 is 11.0 Å². The van der Waals surface area contributed by atoms with Crippen molar-refractivity contribution >= 4 is 34.6 Å². The summed E-state index contributed by atoms with van der Waals surface area (Å²) in [7, 11) is 0. The number of aryl methyl sites for hydroxylation is 1. The topological polar surface area (TPSA) is 59.3 Å². The molecule has 4 rings (SSSR count). The molecule has 1 N–H and O–H groups in total. The Morgan fingerprint density at radius 1 is 1.15 bits per heavy atom. The minimum atomic E-state index is 0.107. The second-order valence-corrected chi connectivity index (χ2v) is 7.83. The van der Waals surface area contributed by atoms with E-state index in [4.69, 9.17) is 28.2 Å². The Bertz CT molecular complexity index is 931. The first-order chi connectivity index (χ1) is 12.5. The maximum atomic E-state index is 13.0. The summed E-state index contributed by atoms with van der Waals surface area (Å²) in [6.45, 7) is 2.07. The normalized spacial score (nSPS) is 20.6. The highest BCUT2D eigenvalue weighted by atomic mass is 35.5. The number of halogens is 2. The van der Waals surface area contributed by atoms with Gasteiger partial charge in [0.05, 0.1) is 11.4 Å². The molecule has 0 amide bonds. The van der Waals surface area contributed by atoms with E-state index in [1.807, 2.05) is 4.57 Å². The van der Waals surface area contributed by atoms with E-state index in [2.05, 4.69) is 17.5 Å². The van der Waals surface area contributed by atoms with Crippen LogP contribution in [0.25, 0.3) is 0 Å². The summed E-state index contributed by atoms with van der Waals surface area (Å²) in [6.07, 6.45) is 5.50. The molecule has 1 aromatic carbocycles. The molecule has 0 spiro atoms. The average Bonchev–Trinajstić information content (AvgIpc) is 2.60. The van der Waals surface area contributed by atoms with E-state index in [-0.39, 0.29) is 11.6 Å². The number of hydrogen-bond donors (Lipinski definition) is 1. The third-order valence-corrected chi connectivity index (χ3v) is 5.50. The fraction of sp³-hybridized carbons (Fsp3) is 0.421. The average molecular weight is 391 g/mol. The lowest BCUT2D eigenvalue weighted by atomic mass is 9.95. The van der Waals surface area contributed by atoms with Crippen molar-refractivity contribution < 1.29 is 0 Å². The van der Waals surface area contributed by atoms with E-state index in [9.17, 15) is 4.79 Å². The van der Waals surface area contributed by atoms with Crippen molar-refractivity contribution in [2.24, 2.45) is 5.10 Å². The minimum Gasteiger partial charge on any atom is -0.288 e. The number of fused-ring (bicyclic) bond motifs is 2. The number of hydrazone groups is 1. The van der Waals surface area contributed by atoms with E-state index >= 15 is 0 Å². The molecule has 7 heteroatoms. The molecule has 26 heavy (non-hydrogen) atoms. The number of nitrogens with one attached hydrogen (secondary N) is 1. The van der Waals surface area contributed by atoms with Gasteiger partial charge in [-0.25, -0.2) is 4.98 Å². The van der Waals surface area contributed by atoms with Gasteiger partial charge < -0.3 is 0 Å². The van der Waals surface area contributed by atoms with Crippen LogP contribution in [-0.2, 0) is 12.8 Å². The van der Waals surface area contributed by atoms with Crippen LogP contribution in [0.4, 0.5) is 5.69 Å². The highest BCUT2D eigenvalue weighted by Crippen LogP contribution is 2.26. The SMILES string of the molecule is CC1CC/C(=N/Nc2cc(Cl)cc(Cl)c2)c2nc3c(c(=O)n21)CCCC3. The van der Waals surface area contributed by atoms with Gasteiger partial charge >= 0.3 is 0 Å². The molecule has 0 saturated heterocycles. The molecule has 0 fully saturated rings. The second kappa shape index (κ2) is 7.05. The van der Waals surface area contributed by atoms with Gasteiger partial charge in [0.25, 0.3) is 5.56 Å². The highest BCUT2D eigenvalue weighted by molar-refractivity contribution is 6.35. The predicted octanol–water partition coefficient (Wildman–Crippen LogP) is 4.60. The maximum Gasteiger partial charge on any atom is 0.257 e. The van der Waals surface area contributed by atoms with Gasteiger partial charge in [0, 0.05) is 21.7 Å². The van der Waals surface area contributed by atoms with Crippen LogP contribution in [0.3, 0.4) is 0 Å². The standard InChI is InChI=1S/C19H20Cl2N4O/c1-11-6-7-17(24-23-14-9-12(20)8-13(21)10-14)18-22-16-5-3-2-4-15(16)19(26)25(11)18/h8-11,23H,2-7H2,1H3/b24-17-. The van der Waals surface area contributed by atoms with Crippen LogP contribution in [0.1, 0.15) is 55.7 Å². The number of anilines is 1. The molecule has 2 heterocycles. The van der Waals surface area contributed by atoms with E-state index in [0.29, 0.717) is 21.6 Å². The Morgan fingerprint density at radius 3 is 2.65 bits per heavy atom. The van der Waals surface area contributed by atoms with Gasteiger partial charge in [0.15, 0.2) is 5.82 Å². The summed E-state index contributed by atoms with van der Waals surface area (Å²) in [5.41, 5.74) is 6.46. The van der Waals surface area contributed by atoms with Crippen LogP contribution >= 0.6 is 23.2 Å². The fourth-order valence-electron chi connectivity index (χ4n) is 3.72. The second-order valence-electron chi connectivity index (χ2n) is 6.96. The monoisotopic (exact) mass is 390 g/mol. The molecule has 2 aromatic rings. The lowest BCUT2D eigenvalue weighted by Gasteiger charge is -2.28. The number of rotatable bonds is 2. The van der Waals surface area contributed by atoms with Crippen molar-refractivity contribution in [3.8, 4) is 0 Å². The van der Waals surface area contributed by atoms with Gasteiger partial charge in [0.2, 0.25) is 0 Å². The van der Waals surface area contributed by atoms with Crippen molar-refractivity contribution in [1.82, 2.24) is 9.55 Å². The molecule has 5 nitrogen and oxygen atoms in total. The minimum absolute atomic E-state index is 0.107. The molecule has 0 radical (unpaired) electrons. The molecule has 1 aliphatic heterocycles. The number of nitrogens with zero attached hydrogens (tertiary/aromatic N) is 3. The van der Waals surface area contributed by atoms with Gasteiger partial charge in [-0.3, -0.25) is 14.8 Å². The van der Waals surface area contributed by atoms with Gasteiger partial charge in [-0.05, 0) is 63.6 Å². The highest BCUT2D eigenvalue weighted by Gasteiger charge is 2.28. The Kier molecular flexibility index (Phi) is 4.76. The molecule has 1 atom stereocenters. The quantitative estimate of drug-likeness (QED) is 0.762. The Morgan fingerprint density at radius 2 is 1.88 bits per heavy atom. The largest absolute Gasteiger partial charge is 0.288 e. The van der Waals surface area contributed by atoms with Crippen LogP contribution in [0.15, 0.2) is 28.1 Å². The summed E-state index contributed by atoms with van der Waals surface area (Å²) < 4.78 is 1.82. The van der Waals surface area contributed by atoms with Gasteiger partial charge in [-0.2, -0.15) is 5.10 Å². The molecule has 0 bridgehead atoms. The van der Waals surface area contributed by atoms with Gasteiger partial charge in [-0.1, -0.05) is 23.2 Å². The van der Waals surface area contributed by atoms with Crippen LogP contribution in [0, 0.1) is 0 Å². The van der Waals surface area contributed by atoms with Crippen molar-refractivity contribution in [3.05, 3.63) is 55.7 Å². The lowest BCUT2D eigenvalue weighted by Crippen LogP contribution is -2.38. The third-order valence-electron chi connectivity index (χ3n) is 5.07. The van der Waals surface area contributed by atoms with Gasteiger partial charge in [-0.15, -0.1) is 0 Å². The van der Waals surface area contributed by atoms with Crippen LogP contribution in [0.2, 0.25) is 10.0 Å². The molecule has 0 saturated carbocycles. The van der Waals surface area contributed by atoms with E-state index in [1.54, 1.807) is 18.2 Å². The summed E-state index contributed by atoms with van der Waals surface area (Å²) in [4.78, 5) is 17.8.